The van der Waals surface area contributed by atoms with Crippen molar-refractivity contribution in [3.63, 3.8) is 0 Å². The van der Waals surface area contributed by atoms with Gasteiger partial charge in [-0.2, -0.15) is 0 Å². The topological polar surface area (TPSA) is 74.6 Å². The van der Waals surface area contributed by atoms with Crippen LogP contribution in [0, 0.1) is 0 Å². The number of carboxylic acids is 1. The van der Waals surface area contributed by atoms with E-state index in [1.54, 1.807) is 6.92 Å². The van der Waals surface area contributed by atoms with Crippen LogP contribution in [-0.4, -0.2) is 27.6 Å². The van der Waals surface area contributed by atoms with Gasteiger partial charge < -0.3 is 10.2 Å². The van der Waals surface area contributed by atoms with E-state index in [2.05, 4.69) is 0 Å². The van der Waals surface area contributed by atoms with E-state index in [9.17, 15) is 9.59 Å². The maximum atomic E-state index is 10.5. The van der Waals surface area contributed by atoms with Crippen LogP contribution in [0.5, 0.6) is 0 Å². The van der Waals surface area contributed by atoms with E-state index in [0.717, 1.165) is 0 Å². The first-order valence-electron chi connectivity index (χ1n) is 2.92. The van der Waals surface area contributed by atoms with Gasteiger partial charge >= 0.3 is 5.97 Å². The molecule has 0 rings (SSSR count). The highest BCUT2D eigenvalue weighted by atomic mass is 16.4. The molecule has 58 valence electrons. The van der Waals surface area contributed by atoms with Crippen molar-refractivity contribution < 1.29 is 19.8 Å². The highest BCUT2D eigenvalue weighted by Crippen LogP contribution is 2.09. The fourth-order valence-corrected chi connectivity index (χ4v) is 0.391. The lowest BCUT2D eigenvalue weighted by atomic mass is 9.98. The van der Waals surface area contributed by atoms with Gasteiger partial charge in [-0.3, -0.25) is 4.79 Å². The maximum absolute atomic E-state index is 10.5. The summed E-state index contributed by atoms with van der Waals surface area (Å²) in [6, 6.07) is 0. The Bertz CT molecular complexity index is 159. The molecule has 0 fully saturated rings. The molecule has 0 spiro atoms. The number of ketones is 1. The number of hydrogen-bond acceptors (Lipinski definition) is 3. The fraction of sp³-hybridized carbons (Fsp3) is 0.667. The average molecular weight is 146 g/mol. The zero-order valence-electron chi connectivity index (χ0n) is 5.92. The van der Waals surface area contributed by atoms with E-state index in [0.29, 0.717) is 0 Å². The molecule has 0 heterocycles. The van der Waals surface area contributed by atoms with Crippen LogP contribution in [0.3, 0.4) is 0 Å². The third-order valence-electron chi connectivity index (χ3n) is 1.37. The molecule has 4 nitrogen and oxygen atoms in total. The number of aliphatic carboxylic acids is 1. The lowest BCUT2D eigenvalue weighted by molar-refractivity contribution is -0.158. The van der Waals surface area contributed by atoms with Crippen LogP contribution in [0.15, 0.2) is 0 Å². The highest BCUT2D eigenvalue weighted by Gasteiger charge is 2.33. The summed E-state index contributed by atoms with van der Waals surface area (Å²) in [5, 5.41) is 17.2. The zero-order valence-corrected chi connectivity index (χ0v) is 5.92. The molecule has 0 aliphatic carbocycles. The van der Waals surface area contributed by atoms with Crippen LogP contribution in [0.4, 0.5) is 0 Å². The summed E-state index contributed by atoms with van der Waals surface area (Å²) in [5.74, 6) is -2.75. The number of hydrogen-bond donors (Lipinski definition) is 2. The predicted octanol–water partition coefficient (Wildman–Crippen LogP) is -0.199. The molecule has 0 aromatic rings. The minimum absolute atomic E-state index is 0.109. The van der Waals surface area contributed by atoms with Crippen LogP contribution in [0.25, 0.3) is 0 Å². The summed E-state index contributed by atoms with van der Waals surface area (Å²) in [4.78, 5) is 20.5. The molecule has 0 aromatic carbocycles. The second-order valence-corrected chi connectivity index (χ2v) is 2.26. The SMILES string of the molecule is CCC(C)(O)C(=O)C(=O)O. The van der Waals surface area contributed by atoms with Crippen molar-refractivity contribution in [2.24, 2.45) is 0 Å². The normalized spacial score (nSPS) is 15.9. The molecule has 0 radical (unpaired) electrons. The van der Waals surface area contributed by atoms with Crippen molar-refractivity contribution in [3.8, 4) is 0 Å². The van der Waals surface area contributed by atoms with Gasteiger partial charge in [0.05, 0.1) is 0 Å². The molecule has 10 heavy (non-hydrogen) atoms. The van der Waals surface area contributed by atoms with Gasteiger partial charge in [-0.05, 0) is 13.3 Å². The van der Waals surface area contributed by atoms with Gasteiger partial charge in [-0.1, -0.05) is 6.92 Å². The Labute approximate surface area is 58.5 Å². The third kappa shape index (κ3) is 1.80. The Kier molecular flexibility index (Phi) is 2.54. The number of carbonyl (C=O) groups is 2. The van der Waals surface area contributed by atoms with Gasteiger partial charge in [0, 0.05) is 0 Å². The van der Waals surface area contributed by atoms with Crippen LogP contribution < -0.4 is 0 Å². The Morgan fingerprint density at radius 1 is 1.50 bits per heavy atom. The van der Waals surface area contributed by atoms with Gasteiger partial charge in [-0.25, -0.2) is 4.79 Å². The molecule has 1 atom stereocenters. The van der Waals surface area contributed by atoms with Crippen molar-refractivity contribution in [1.82, 2.24) is 0 Å². The summed E-state index contributed by atoms with van der Waals surface area (Å²) in [6.07, 6.45) is 0.109. The standard InChI is InChI=1S/C6H10O4/c1-3-6(2,10)4(7)5(8)9/h10H,3H2,1-2H3,(H,8,9). The maximum Gasteiger partial charge on any atom is 0.375 e. The monoisotopic (exact) mass is 146 g/mol. The minimum Gasteiger partial charge on any atom is -0.475 e. The van der Waals surface area contributed by atoms with Crippen molar-refractivity contribution >= 4 is 11.8 Å². The second-order valence-electron chi connectivity index (χ2n) is 2.26. The highest BCUT2D eigenvalue weighted by molar-refractivity contribution is 6.35. The summed E-state index contributed by atoms with van der Waals surface area (Å²) in [6.45, 7) is 2.73. The molecular formula is C6H10O4. The molecule has 0 amide bonds. The number of Topliss-reactive ketones (excluding diaryl/α,β-unsaturated/α-hetero) is 1. The molecule has 2 N–H and O–H groups in total. The van der Waals surface area contributed by atoms with E-state index >= 15 is 0 Å². The number of rotatable bonds is 3. The van der Waals surface area contributed by atoms with Gasteiger partial charge in [0.2, 0.25) is 0 Å². The Morgan fingerprint density at radius 3 is 2.00 bits per heavy atom. The van der Waals surface area contributed by atoms with Gasteiger partial charge in [0.1, 0.15) is 5.60 Å². The molecular weight excluding hydrogens is 136 g/mol. The minimum atomic E-state index is -1.72. The number of aliphatic hydroxyl groups is 1. The van der Waals surface area contributed by atoms with Crippen molar-refractivity contribution in [2.75, 3.05) is 0 Å². The summed E-state index contributed by atoms with van der Waals surface area (Å²) in [5.41, 5.74) is -1.72. The summed E-state index contributed by atoms with van der Waals surface area (Å²) in [7, 11) is 0. The quantitative estimate of drug-likeness (QED) is 0.541. The van der Waals surface area contributed by atoms with E-state index in [4.69, 9.17) is 10.2 Å². The van der Waals surface area contributed by atoms with Crippen molar-refractivity contribution in [1.29, 1.82) is 0 Å². The number of carboxylic acid groups (broad SMARTS) is 1. The summed E-state index contributed by atoms with van der Waals surface area (Å²) >= 11 is 0. The number of carbonyl (C=O) groups excluding carboxylic acids is 1. The van der Waals surface area contributed by atoms with Gasteiger partial charge in [-0.15, -0.1) is 0 Å². The van der Waals surface area contributed by atoms with E-state index in [1.165, 1.54) is 6.92 Å². The second kappa shape index (κ2) is 2.79. The first-order chi connectivity index (χ1) is 4.41. The predicted molar refractivity (Wildman–Crippen MR) is 33.6 cm³/mol. The fourth-order valence-electron chi connectivity index (χ4n) is 0.391. The molecule has 1 unspecified atom stereocenters. The van der Waals surface area contributed by atoms with Crippen LogP contribution in [-0.2, 0) is 9.59 Å². The molecule has 0 aromatic heterocycles. The van der Waals surface area contributed by atoms with Gasteiger partial charge in [0.25, 0.3) is 5.78 Å². The molecule has 0 saturated carbocycles. The van der Waals surface area contributed by atoms with Crippen LogP contribution in [0.1, 0.15) is 20.3 Å². The van der Waals surface area contributed by atoms with Crippen molar-refractivity contribution in [2.45, 2.75) is 25.9 Å². The molecule has 0 saturated heterocycles. The smallest absolute Gasteiger partial charge is 0.375 e. The first-order valence-corrected chi connectivity index (χ1v) is 2.92. The van der Waals surface area contributed by atoms with Crippen molar-refractivity contribution in [3.05, 3.63) is 0 Å². The summed E-state index contributed by atoms with van der Waals surface area (Å²) < 4.78 is 0. The van der Waals surface area contributed by atoms with Gasteiger partial charge in [0.15, 0.2) is 0 Å². The Hall–Kier alpha value is -0.900. The Balaban J connectivity index is 4.33. The lowest BCUT2D eigenvalue weighted by Crippen LogP contribution is -2.39. The van der Waals surface area contributed by atoms with E-state index < -0.39 is 17.4 Å². The molecule has 0 bridgehead atoms. The first kappa shape index (κ1) is 9.10. The Morgan fingerprint density at radius 2 is 1.90 bits per heavy atom. The molecule has 4 heteroatoms. The third-order valence-corrected chi connectivity index (χ3v) is 1.37. The molecule has 0 aliphatic heterocycles. The van der Waals surface area contributed by atoms with Crippen LogP contribution in [0.2, 0.25) is 0 Å². The van der Waals surface area contributed by atoms with E-state index in [-0.39, 0.29) is 6.42 Å². The average Bonchev–Trinajstić information content (AvgIpc) is 1.86. The molecule has 0 aliphatic rings. The largest absolute Gasteiger partial charge is 0.475 e. The zero-order chi connectivity index (χ0) is 8.36. The van der Waals surface area contributed by atoms with Crippen LogP contribution >= 0.6 is 0 Å². The lowest BCUT2D eigenvalue weighted by Gasteiger charge is -2.15. The van der Waals surface area contributed by atoms with E-state index in [1.807, 2.05) is 0 Å².